The van der Waals surface area contributed by atoms with Crippen molar-refractivity contribution in [3.63, 3.8) is 0 Å². The molecule has 12 aromatic carbocycles. The number of rotatable bonds is 10. The Balaban J connectivity index is -0.00000170. The molecule has 0 aromatic heterocycles. The molecule has 1 saturated carbocycles. The van der Waals surface area contributed by atoms with Gasteiger partial charge in [0.25, 0.3) is 0 Å². The summed E-state index contributed by atoms with van der Waals surface area (Å²) in [6, 6.07) is 59.3. The first-order valence-corrected chi connectivity index (χ1v) is 52.7. The van der Waals surface area contributed by atoms with Crippen molar-refractivity contribution in [2.75, 3.05) is 33.8 Å². The average molecular weight is 3860 g/mol. The van der Waals surface area contributed by atoms with Crippen LogP contribution in [0.1, 0.15) is 125 Å². The molecule has 0 amide bonds. The second-order valence-corrected chi connectivity index (χ2v) is 46.3. The van der Waals surface area contributed by atoms with Gasteiger partial charge in [0.2, 0.25) is 67.6 Å². The van der Waals surface area contributed by atoms with E-state index in [0.29, 0.717) is 38.4 Å². The number of likely N-dealkylation sites (N-methyl/N-ethyl adjacent to an activating group) is 2. The summed E-state index contributed by atoms with van der Waals surface area (Å²) in [5.74, 6) is 0. The van der Waals surface area contributed by atoms with Crippen molar-refractivity contribution in [3.8, 4) is 33.4 Å². The molecular weight excluding hydrogens is 3760 g/mol. The van der Waals surface area contributed by atoms with Crippen molar-refractivity contribution in [1.29, 1.82) is 0 Å². The molecule has 140 heavy (non-hydrogen) atoms. The van der Waals surface area contributed by atoms with Crippen LogP contribution >= 0.6 is 0 Å². The topological polar surface area (TPSA) is 326 Å². The number of nitrogens with zero attached hydrogens (tertiary/aromatic N) is 10. The Bertz CT molecular complexity index is 6080. The first-order chi connectivity index (χ1) is 59.4. The van der Waals surface area contributed by atoms with Gasteiger partial charge in [0.15, 0.2) is 0 Å². The van der Waals surface area contributed by atoms with Crippen molar-refractivity contribution in [2.45, 2.75) is 168 Å². The van der Waals surface area contributed by atoms with Crippen LogP contribution in [0.5, 0.6) is 0 Å². The fourth-order valence-corrected chi connectivity index (χ4v) is 29.7. The smallest absolute Gasteiger partial charge is 0.585 e. The van der Waals surface area contributed by atoms with Crippen molar-refractivity contribution in [1.82, 2.24) is 7.77 Å². The van der Waals surface area contributed by atoms with E-state index in [0.717, 1.165) is 190 Å². The zero-order valence-electron chi connectivity index (χ0n) is 78.9. The van der Waals surface area contributed by atoms with Crippen molar-refractivity contribution < 1.29 is 506 Å². The maximum Gasteiger partial charge on any atom is 0.585 e. The Morgan fingerprint density at radius 1 is 0.357 bits per heavy atom. The monoisotopic (exact) mass is 3860 g/mol. The zero-order valence-corrected chi connectivity index (χ0v) is 137. The Hall–Kier alpha value is 9.78. The molecule has 6 unspecified atom stereocenters. The molecule has 0 bridgehead atoms. The second-order valence-electron chi connectivity index (χ2n) is 32.7. The molecule has 4 aliphatic heterocycles. The van der Waals surface area contributed by atoms with Crippen LogP contribution in [0.3, 0.4) is 0 Å². The first-order valence-electron chi connectivity index (χ1n) is 41.1. The SMILES string of the molecule is C[C@@H]([NH-])C(C)(C)[N-][Al].C[C@@H]([NH-])[C@@H](C)[N-][Al].C[N]1[Al][N](C)[C@@H]2CCCC[C@H]21.Cc1cc2c(c3c1[N](S(=O)O)[Al][N](S(=O)O)c1c(C)cc4c(c1-3)CCCC4)CCCC2.Cc1cc2ccccc2c2c1[N](S(=O)O)[Al][N](S(=O)O)c1ccc3ccccc3c1-2.O=S(O)[N]1[Al][N](S(=O)O)c2c(c3ccccc3c3ccccc23)-c2c1c1ccccc1c1ccccc21.[W].[W].[W].[W].[W].[W].[Y].[Y].[Y].[Y].[Y].[Y].[Y].[Y].[Y].[Y]. The third-order valence-corrected chi connectivity index (χ3v) is 38.3. The minimum atomic E-state index is -2.43. The summed E-state index contributed by atoms with van der Waals surface area (Å²) >= 11 is -12.6. The standard InChI is InChI=1S/C28H18N2O4S2.C22H26N2O4S2.C21H16N2O4S2.C8H16N2.C5H11N2.C4H9N2.6Al.6W.10Y/c31-35(32)29-27-23-15-7-3-11-19(23)17-9-1-5-13-21(17)25(27)26-22-14-6-2-10-18(22)20-12-4-8-16-24(20)28(26)30-36(33)34;1-13-11-15-7-3-5-9-17(15)19(21(13)23-29(25)26)20-18-10-6-4-8-16(18)12-14(2)22(20)24-30(27)28;1-13-12-15-7-3-5-9-17(15)20(21(13)23-29(26)27)19-16-8-4-2-6-14(16)10-11-18(19)22-28(24)25;1-9-7-5-3-4-6-8(7)10-2;1-4(6)5(2,3)7;1-3(5)4(2)6;;;;;;;;;;;;;;;;;;;;;;/h1-16H,(H,31,32)(H,33,34);11-12H,3-10H2,1-2H3,(H,25,26)(H,27,28);2-12H,1H3,(H,24,25)(H,26,27);7-8H,3-6H2,1-2H3;4,6H,1-3H3;3-5H,1-2H3;;;;;;;;;;;;;;;;;;;;;;/q6*-2;;;4*+2;;;;;;;;;;;;;;;;/t;;;7-,8-;4-;3-,4-;;;;;;;;;;;;;;;;;;;;;;/m...111....................../s1. The van der Waals surface area contributed by atoms with Crippen LogP contribution in [0.25, 0.3) is 118 Å². The largest absolute Gasteiger partial charge is 0.715 e. The van der Waals surface area contributed by atoms with E-state index in [1.165, 1.54) is 67.7 Å². The van der Waals surface area contributed by atoms with Crippen molar-refractivity contribution in [3.05, 3.63) is 235 Å². The van der Waals surface area contributed by atoms with E-state index in [1.807, 2.05) is 207 Å². The van der Waals surface area contributed by atoms with Gasteiger partial charge in [-0.15, -0.1) is 33.0 Å². The summed E-state index contributed by atoms with van der Waals surface area (Å²) in [4.78, 5) is 0. The summed E-state index contributed by atoms with van der Waals surface area (Å²) in [7, 11) is 4.59. The van der Waals surface area contributed by atoms with E-state index in [-0.39, 0.29) is 477 Å². The Labute approximate surface area is 1220 Å². The van der Waals surface area contributed by atoms with Crippen LogP contribution in [0.2, 0.25) is 0 Å². The van der Waals surface area contributed by atoms with Gasteiger partial charge in [-0.3, -0.25) is 27.3 Å². The molecule has 24 nitrogen and oxygen atoms in total. The molecule has 4 heterocycles. The molecule has 2 fully saturated rings. The van der Waals surface area contributed by atoms with E-state index in [2.05, 4.69) is 87.8 Å². The first kappa shape index (κ1) is 154. The second kappa shape index (κ2) is 71.8. The number of benzene rings is 12. The molecule has 12 aromatic rings. The summed E-state index contributed by atoms with van der Waals surface area (Å²) in [6.45, 7) is 15.4. The molecule has 52 heteroatoms. The van der Waals surface area contributed by atoms with Crippen LogP contribution in [0.4, 0.5) is 34.1 Å². The summed E-state index contributed by atoms with van der Waals surface area (Å²) in [5.41, 5.74) is 31.2. The molecule has 3 aliphatic carbocycles. The van der Waals surface area contributed by atoms with Gasteiger partial charge in [-0.2, -0.15) is 23.7 Å². The van der Waals surface area contributed by atoms with Crippen molar-refractivity contribution in [2.24, 2.45) is 0 Å². The molecule has 7 aliphatic rings. The number of hydrogen-bond donors (Lipinski definition) is 6. The molecule has 18 radical (unpaired) electrons. The Morgan fingerprint density at radius 2 is 0.643 bits per heavy atom. The quantitative estimate of drug-likeness (QED) is 0.0421. The molecule has 19 rings (SSSR count). The summed E-state index contributed by atoms with van der Waals surface area (Å²) in [6.07, 6.45) is 14.2. The van der Waals surface area contributed by atoms with E-state index in [4.69, 9.17) is 11.5 Å². The maximum atomic E-state index is 12.9. The van der Waals surface area contributed by atoms with E-state index < -0.39 is 115 Å². The Kier molecular flexibility index (Phi) is 78.9. The van der Waals surface area contributed by atoms with Gasteiger partial charge in [0, 0.05) is 544 Å². The number of aryl methyl sites for hydroxylation is 5. The van der Waals surface area contributed by atoms with E-state index in [9.17, 15) is 52.6 Å². The Morgan fingerprint density at radius 3 is 0.971 bits per heavy atom. The fourth-order valence-electron chi connectivity index (χ4n) is 18.2. The molecule has 1 saturated heterocycles. The third-order valence-electron chi connectivity index (χ3n) is 24.7. The van der Waals surface area contributed by atoms with Gasteiger partial charge in [0.05, 0.1) is 0 Å². The van der Waals surface area contributed by atoms with Gasteiger partial charge in [-0.1, -0.05) is 211 Å². The van der Waals surface area contributed by atoms with E-state index in [1.54, 1.807) is 0 Å². The van der Waals surface area contributed by atoms with Crippen LogP contribution in [-0.2, 0) is 547 Å². The zero-order chi connectivity index (χ0) is 88.6. The van der Waals surface area contributed by atoms with Gasteiger partial charge < -0.3 is 47.6 Å². The van der Waals surface area contributed by atoms with Gasteiger partial charge in [-0.05, 0) is 204 Å². The van der Waals surface area contributed by atoms with Crippen molar-refractivity contribution >= 4 is 262 Å². The number of nitrogens with one attached hydrogen (secondary N) is 2. The minimum Gasteiger partial charge on any atom is -0.715 e. The average Bonchev–Trinajstić information content (AvgIpc) is 1.44. The summed E-state index contributed by atoms with van der Waals surface area (Å²) in [5, 5.41) is 11.2. The van der Waals surface area contributed by atoms with Gasteiger partial charge in [-0.25, -0.2) is 25.3 Å². The number of hydrogen-bond acceptors (Lipinski definition) is 8. The van der Waals surface area contributed by atoms with E-state index >= 15 is 0 Å². The molecule has 11 atom stereocenters. The molecular formula is C88H96Al6N12O12S6W6Y10-4. The van der Waals surface area contributed by atoms with Crippen LogP contribution in [0, 0.1) is 20.8 Å². The normalized spacial score (nSPS) is 16.5. The van der Waals surface area contributed by atoms with Gasteiger partial charge in [0.1, 0.15) is 0 Å². The minimum absolute atomic E-state index is 0. The fraction of sp³-hybridized carbons (Fsp3) is 0.318. The van der Waals surface area contributed by atoms with Crippen LogP contribution in [-0.4, -0.2) is 206 Å². The predicted molar refractivity (Wildman–Crippen MR) is 522 cm³/mol. The maximum absolute atomic E-state index is 12.9. The van der Waals surface area contributed by atoms with Crippen LogP contribution in [0.15, 0.2) is 176 Å². The predicted octanol–water partition coefficient (Wildman–Crippen LogP) is 18.6. The molecule has 0 spiro atoms. The molecule has 704 valence electrons. The van der Waals surface area contributed by atoms with Gasteiger partial charge >= 0.3 is 62.6 Å². The van der Waals surface area contributed by atoms with Crippen LogP contribution < -0.4 is 19.7 Å². The molecule has 8 N–H and O–H groups in total. The number of anilines is 6. The number of fused-ring (bicyclic) bond motifs is 28. The summed E-state index contributed by atoms with van der Waals surface area (Å²) < 4.78 is 159. The third kappa shape index (κ3) is 35.2.